The molecular weight excluding hydrogens is 400 g/mol. The van der Waals surface area contributed by atoms with E-state index < -0.39 is 0 Å². The molecule has 0 fully saturated rings. The van der Waals surface area contributed by atoms with Gasteiger partial charge in [0.25, 0.3) is 11.8 Å². The first-order chi connectivity index (χ1) is 15.6. The summed E-state index contributed by atoms with van der Waals surface area (Å²) in [4.78, 5) is 34.8. The molecule has 4 rings (SSSR count). The summed E-state index contributed by atoms with van der Waals surface area (Å²) in [5.74, 6) is -0.248. The highest BCUT2D eigenvalue weighted by molar-refractivity contribution is 6.06. The molecule has 2 aromatic heterocycles. The summed E-state index contributed by atoms with van der Waals surface area (Å²) in [6.07, 6.45) is 4.77. The number of pyridine rings is 1. The number of nitrogens with zero attached hydrogens (tertiary/aromatic N) is 2. The molecular formula is C26H26N4O2. The quantitative estimate of drug-likeness (QED) is 0.446. The molecule has 6 nitrogen and oxygen atoms in total. The van der Waals surface area contributed by atoms with Crippen LogP contribution in [0.1, 0.15) is 32.8 Å². The average molecular weight is 427 g/mol. The third kappa shape index (κ3) is 4.86. The lowest BCUT2D eigenvalue weighted by molar-refractivity contribution is 0.0725. The molecule has 6 heteroatoms. The lowest BCUT2D eigenvalue weighted by Gasteiger charge is -2.29. The van der Waals surface area contributed by atoms with E-state index in [2.05, 4.69) is 27.4 Å². The van der Waals surface area contributed by atoms with Gasteiger partial charge in [-0.05, 0) is 48.7 Å². The zero-order valence-electron chi connectivity index (χ0n) is 18.0. The molecule has 2 aromatic carbocycles. The van der Waals surface area contributed by atoms with Crippen LogP contribution in [0.2, 0.25) is 0 Å². The zero-order valence-corrected chi connectivity index (χ0v) is 18.0. The predicted molar refractivity (Wildman–Crippen MR) is 126 cm³/mol. The van der Waals surface area contributed by atoms with Crippen molar-refractivity contribution in [3.05, 3.63) is 102 Å². The highest BCUT2D eigenvalue weighted by atomic mass is 16.2. The van der Waals surface area contributed by atoms with Crippen molar-refractivity contribution in [3.63, 3.8) is 0 Å². The minimum atomic E-state index is -0.213. The maximum Gasteiger partial charge on any atom is 0.269 e. The Bertz CT molecular complexity index is 1190. The van der Waals surface area contributed by atoms with Crippen LogP contribution < -0.4 is 5.32 Å². The number of H-pyrrole nitrogens is 1. The summed E-state index contributed by atoms with van der Waals surface area (Å²) in [6, 6.07) is 22.9. The molecule has 0 bridgehead atoms. The van der Waals surface area contributed by atoms with Gasteiger partial charge >= 0.3 is 0 Å². The first-order valence-electron chi connectivity index (χ1n) is 10.7. The second kappa shape index (κ2) is 9.92. The molecule has 0 unspecified atom stereocenters. The van der Waals surface area contributed by atoms with Crippen LogP contribution in [-0.4, -0.2) is 46.3 Å². The van der Waals surface area contributed by atoms with E-state index in [-0.39, 0.29) is 17.9 Å². The second-order valence-corrected chi connectivity index (χ2v) is 7.76. The molecule has 0 aliphatic carbocycles. The zero-order chi connectivity index (χ0) is 22.3. The highest BCUT2D eigenvalue weighted by Gasteiger charge is 2.23. The smallest absolute Gasteiger partial charge is 0.269 e. The fourth-order valence-corrected chi connectivity index (χ4v) is 3.89. The Morgan fingerprint density at radius 1 is 1.00 bits per heavy atom. The number of carbonyl (C=O) groups excluding carboxylic acids is 2. The standard InChI is InChI=1S/C26H26N4O2/c1-30(26(32)22-10-7-12-23-21(22)14-17-28-23)20(18-19-8-3-2-4-9-19)13-16-29-25(31)24-11-5-6-15-27-24/h2-12,14-15,17,20,28H,13,16,18H2,1H3,(H,29,31)/t20-/m1/s1. The second-order valence-electron chi connectivity index (χ2n) is 7.76. The number of fused-ring (bicyclic) bond motifs is 1. The maximum atomic E-state index is 13.4. The number of hydrogen-bond acceptors (Lipinski definition) is 3. The minimum absolute atomic E-state index is 0.0350. The van der Waals surface area contributed by atoms with E-state index in [0.717, 1.165) is 16.5 Å². The number of amides is 2. The van der Waals surface area contributed by atoms with E-state index in [0.29, 0.717) is 30.6 Å². The summed E-state index contributed by atoms with van der Waals surface area (Å²) in [7, 11) is 1.84. The van der Waals surface area contributed by atoms with E-state index in [9.17, 15) is 9.59 Å². The number of aromatic amines is 1. The number of benzene rings is 2. The summed E-state index contributed by atoms with van der Waals surface area (Å²) in [5, 5.41) is 3.84. The molecule has 0 saturated carbocycles. The van der Waals surface area contributed by atoms with Crippen molar-refractivity contribution in [3.8, 4) is 0 Å². The van der Waals surface area contributed by atoms with Crippen molar-refractivity contribution < 1.29 is 9.59 Å². The number of carbonyl (C=O) groups is 2. The van der Waals surface area contributed by atoms with Crippen molar-refractivity contribution in [1.82, 2.24) is 20.2 Å². The molecule has 0 saturated heterocycles. The molecule has 162 valence electrons. The topological polar surface area (TPSA) is 78.1 Å². The van der Waals surface area contributed by atoms with Crippen LogP contribution in [0.5, 0.6) is 0 Å². The van der Waals surface area contributed by atoms with E-state index in [1.807, 2.05) is 55.7 Å². The Morgan fingerprint density at radius 2 is 1.81 bits per heavy atom. The Kier molecular flexibility index (Phi) is 6.60. The number of hydrogen-bond donors (Lipinski definition) is 2. The average Bonchev–Trinajstić information content (AvgIpc) is 3.33. The molecule has 2 heterocycles. The van der Waals surface area contributed by atoms with Gasteiger partial charge in [-0.25, -0.2) is 0 Å². The van der Waals surface area contributed by atoms with E-state index in [4.69, 9.17) is 0 Å². The predicted octanol–water partition coefficient (Wildman–Crippen LogP) is 4.07. The van der Waals surface area contributed by atoms with Crippen LogP contribution in [0.3, 0.4) is 0 Å². The maximum absolute atomic E-state index is 13.4. The molecule has 0 spiro atoms. The first kappa shape index (κ1) is 21.3. The number of nitrogens with one attached hydrogen (secondary N) is 2. The van der Waals surface area contributed by atoms with Gasteiger partial charge in [0, 0.05) is 48.5 Å². The van der Waals surface area contributed by atoms with Crippen molar-refractivity contribution >= 4 is 22.7 Å². The third-order valence-corrected chi connectivity index (χ3v) is 5.67. The summed E-state index contributed by atoms with van der Waals surface area (Å²) < 4.78 is 0. The summed E-state index contributed by atoms with van der Waals surface area (Å²) in [6.45, 7) is 0.443. The third-order valence-electron chi connectivity index (χ3n) is 5.67. The molecule has 2 N–H and O–H groups in total. The van der Waals surface area contributed by atoms with Gasteiger partial charge < -0.3 is 15.2 Å². The van der Waals surface area contributed by atoms with Gasteiger partial charge in [-0.2, -0.15) is 0 Å². The van der Waals surface area contributed by atoms with E-state index in [1.165, 1.54) is 0 Å². The molecule has 0 aliphatic heterocycles. The largest absolute Gasteiger partial charge is 0.361 e. The number of likely N-dealkylation sites (N-methyl/N-ethyl adjacent to an activating group) is 1. The van der Waals surface area contributed by atoms with Gasteiger partial charge in [0.15, 0.2) is 0 Å². The van der Waals surface area contributed by atoms with Gasteiger partial charge in [-0.1, -0.05) is 42.5 Å². The van der Waals surface area contributed by atoms with Crippen LogP contribution in [-0.2, 0) is 6.42 Å². The number of aromatic nitrogens is 2. The fourth-order valence-electron chi connectivity index (χ4n) is 3.89. The van der Waals surface area contributed by atoms with Crippen LogP contribution in [0.4, 0.5) is 0 Å². The van der Waals surface area contributed by atoms with E-state index >= 15 is 0 Å². The van der Waals surface area contributed by atoms with Gasteiger partial charge in [-0.15, -0.1) is 0 Å². The van der Waals surface area contributed by atoms with Crippen LogP contribution in [0, 0.1) is 0 Å². The van der Waals surface area contributed by atoms with Crippen LogP contribution in [0.25, 0.3) is 10.9 Å². The lowest BCUT2D eigenvalue weighted by atomic mass is 10.0. The molecule has 0 radical (unpaired) electrons. The normalized spacial score (nSPS) is 11.8. The number of rotatable bonds is 8. The minimum Gasteiger partial charge on any atom is -0.361 e. The van der Waals surface area contributed by atoms with Gasteiger partial charge in [0.2, 0.25) is 0 Å². The Balaban J connectivity index is 1.50. The molecule has 32 heavy (non-hydrogen) atoms. The Labute approximate surface area is 187 Å². The molecule has 0 aliphatic rings. The van der Waals surface area contributed by atoms with Crippen molar-refractivity contribution in [2.45, 2.75) is 18.9 Å². The first-order valence-corrected chi connectivity index (χ1v) is 10.7. The molecule has 4 aromatic rings. The fraction of sp³-hybridized carbons (Fsp3) is 0.192. The van der Waals surface area contributed by atoms with Gasteiger partial charge in [-0.3, -0.25) is 14.6 Å². The molecule has 1 atom stereocenters. The van der Waals surface area contributed by atoms with Crippen LogP contribution in [0.15, 0.2) is 85.2 Å². The molecule has 2 amide bonds. The monoisotopic (exact) mass is 426 g/mol. The van der Waals surface area contributed by atoms with Crippen molar-refractivity contribution in [2.24, 2.45) is 0 Å². The lowest BCUT2D eigenvalue weighted by Crippen LogP contribution is -2.41. The van der Waals surface area contributed by atoms with Gasteiger partial charge in [0.05, 0.1) is 0 Å². The van der Waals surface area contributed by atoms with Crippen LogP contribution >= 0.6 is 0 Å². The van der Waals surface area contributed by atoms with Crippen molar-refractivity contribution in [1.29, 1.82) is 0 Å². The van der Waals surface area contributed by atoms with E-state index in [1.54, 1.807) is 29.3 Å². The highest BCUT2D eigenvalue weighted by Crippen LogP contribution is 2.21. The summed E-state index contributed by atoms with van der Waals surface area (Å²) >= 11 is 0. The van der Waals surface area contributed by atoms with Crippen molar-refractivity contribution in [2.75, 3.05) is 13.6 Å². The Morgan fingerprint density at radius 3 is 2.59 bits per heavy atom. The SMILES string of the molecule is CN(C(=O)c1cccc2[nH]ccc12)[C@H](CCNC(=O)c1ccccn1)Cc1ccccc1. The Hall–Kier alpha value is -3.93. The summed E-state index contributed by atoms with van der Waals surface area (Å²) in [5.41, 5.74) is 3.14. The van der Waals surface area contributed by atoms with Gasteiger partial charge in [0.1, 0.15) is 5.69 Å².